The van der Waals surface area contributed by atoms with Crippen molar-refractivity contribution in [3.8, 4) is 5.75 Å². The fourth-order valence-electron chi connectivity index (χ4n) is 3.26. The highest BCUT2D eigenvalue weighted by molar-refractivity contribution is 5.92. The van der Waals surface area contributed by atoms with Gasteiger partial charge in [-0.25, -0.2) is 0 Å². The van der Waals surface area contributed by atoms with E-state index >= 15 is 0 Å². The van der Waals surface area contributed by atoms with Gasteiger partial charge in [0, 0.05) is 19.3 Å². The van der Waals surface area contributed by atoms with Gasteiger partial charge in [0.05, 0.1) is 26.0 Å². The van der Waals surface area contributed by atoms with Crippen LogP contribution in [0.2, 0.25) is 0 Å². The second-order valence-corrected chi connectivity index (χ2v) is 7.71. The Labute approximate surface area is 192 Å². The quantitative estimate of drug-likeness (QED) is 0.238. The normalized spacial score (nSPS) is 10.4. The van der Waals surface area contributed by atoms with Crippen molar-refractivity contribution in [1.29, 1.82) is 0 Å². The van der Waals surface area contributed by atoms with Crippen molar-refractivity contribution in [2.75, 3.05) is 25.6 Å². The maximum atomic E-state index is 12.3. The summed E-state index contributed by atoms with van der Waals surface area (Å²) in [5.74, 6) is 0.231. The number of para-hydroxylation sites is 2. The Balaban J connectivity index is 2.14. The Kier molecular flexibility index (Phi) is 15.5. The van der Waals surface area contributed by atoms with Gasteiger partial charge in [-0.15, -0.1) is 0 Å². The van der Waals surface area contributed by atoms with E-state index in [2.05, 4.69) is 10.1 Å². The summed E-state index contributed by atoms with van der Waals surface area (Å²) < 4.78 is 15.3. The first-order chi connectivity index (χ1) is 15.6. The van der Waals surface area contributed by atoms with Gasteiger partial charge in [0.25, 0.3) is 0 Å². The lowest BCUT2D eigenvalue weighted by Crippen LogP contribution is -2.13. The molecule has 180 valence electrons. The molecule has 0 atom stereocenters. The molecule has 0 saturated carbocycles. The van der Waals surface area contributed by atoms with Gasteiger partial charge in [0.2, 0.25) is 5.91 Å². The lowest BCUT2D eigenvalue weighted by atomic mass is 10.1. The van der Waals surface area contributed by atoms with Crippen molar-refractivity contribution in [3.63, 3.8) is 0 Å². The molecule has 0 saturated heterocycles. The average molecular weight is 450 g/mol. The van der Waals surface area contributed by atoms with E-state index in [9.17, 15) is 14.4 Å². The third-order valence-corrected chi connectivity index (χ3v) is 5.01. The van der Waals surface area contributed by atoms with Gasteiger partial charge in [0.1, 0.15) is 5.75 Å². The van der Waals surface area contributed by atoms with Crippen LogP contribution < -0.4 is 10.1 Å². The molecule has 7 heteroatoms. The summed E-state index contributed by atoms with van der Waals surface area (Å²) in [6.07, 6.45) is 10.3. The van der Waals surface area contributed by atoms with E-state index in [0.29, 0.717) is 50.3 Å². The summed E-state index contributed by atoms with van der Waals surface area (Å²) in [5.41, 5.74) is 0.653. The number of rotatable bonds is 18. The fourth-order valence-corrected chi connectivity index (χ4v) is 3.26. The van der Waals surface area contributed by atoms with E-state index in [4.69, 9.17) is 9.47 Å². The predicted molar refractivity (Wildman–Crippen MR) is 125 cm³/mol. The number of hydrogen-bond acceptors (Lipinski definition) is 6. The number of esters is 2. The summed E-state index contributed by atoms with van der Waals surface area (Å²) in [4.78, 5) is 34.7. The SMILES string of the molecule is CCOC(=O)CCCOc1ccccc1NC(=O)CCCCCCCCCCC(=O)OC. The number of carbonyl (C=O) groups is 3. The second-order valence-electron chi connectivity index (χ2n) is 7.71. The van der Waals surface area contributed by atoms with E-state index in [1.165, 1.54) is 7.11 Å². The van der Waals surface area contributed by atoms with Gasteiger partial charge < -0.3 is 19.5 Å². The maximum Gasteiger partial charge on any atom is 0.305 e. The minimum Gasteiger partial charge on any atom is -0.491 e. The van der Waals surface area contributed by atoms with Crippen LogP contribution in [0.4, 0.5) is 5.69 Å². The van der Waals surface area contributed by atoms with Gasteiger partial charge in [-0.3, -0.25) is 14.4 Å². The monoisotopic (exact) mass is 449 g/mol. The minimum atomic E-state index is -0.226. The maximum absolute atomic E-state index is 12.3. The second kappa shape index (κ2) is 18.0. The molecule has 1 aromatic carbocycles. The largest absolute Gasteiger partial charge is 0.491 e. The first-order valence-corrected chi connectivity index (χ1v) is 11.8. The predicted octanol–water partition coefficient (Wildman–Crippen LogP) is 5.42. The summed E-state index contributed by atoms with van der Waals surface area (Å²) in [5, 5.41) is 2.93. The number of amides is 1. The van der Waals surface area contributed by atoms with E-state index in [1.54, 1.807) is 6.92 Å². The molecule has 1 N–H and O–H groups in total. The fraction of sp³-hybridized carbons (Fsp3) is 0.640. The van der Waals surface area contributed by atoms with Crippen molar-refractivity contribution in [2.24, 2.45) is 0 Å². The molecule has 0 aliphatic carbocycles. The van der Waals surface area contributed by atoms with Crippen LogP contribution in [0.25, 0.3) is 0 Å². The molecule has 0 fully saturated rings. The van der Waals surface area contributed by atoms with E-state index < -0.39 is 0 Å². The number of benzene rings is 1. The molecular weight excluding hydrogens is 410 g/mol. The topological polar surface area (TPSA) is 90.9 Å². The molecule has 0 spiro atoms. The summed E-state index contributed by atoms with van der Waals surface area (Å²) in [6.45, 7) is 2.55. The molecule has 1 rings (SSSR count). The molecule has 1 amide bonds. The van der Waals surface area contributed by atoms with Crippen LogP contribution in [0.3, 0.4) is 0 Å². The smallest absolute Gasteiger partial charge is 0.305 e. The molecule has 7 nitrogen and oxygen atoms in total. The molecule has 1 aromatic rings. The van der Waals surface area contributed by atoms with Crippen LogP contribution >= 0.6 is 0 Å². The van der Waals surface area contributed by atoms with E-state index in [0.717, 1.165) is 51.4 Å². The van der Waals surface area contributed by atoms with Crippen LogP contribution in [0.15, 0.2) is 24.3 Å². The number of anilines is 1. The van der Waals surface area contributed by atoms with Crippen LogP contribution in [-0.2, 0) is 23.9 Å². The first kappa shape index (κ1) is 27.5. The van der Waals surface area contributed by atoms with Gasteiger partial charge in [-0.05, 0) is 38.3 Å². The molecule has 0 unspecified atom stereocenters. The number of methoxy groups -OCH3 is 1. The van der Waals surface area contributed by atoms with Crippen molar-refractivity contribution in [3.05, 3.63) is 24.3 Å². The van der Waals surface area contributed by atoms with Crippen LogP contribution in [-0.4, -0.2) is 38.2 Å². The number of carbonyl (C=O) groups excluding carboxylic acids is 3. The highest BCUT2D eigenvalue weighted by atomic mass is 16.5. The molecule has 0 aliphatic rings. The number of nitrogens with one attached hydrogen (secondary N) is 1. The van der Waals surface area contributed by atoms with Crippen molar-refractivity contribution in [2.45, 2.75) is 84.0 Å². The number of unbranched alkanes of at least 4 members (excludes halogenated alkanes) is 7. The zero-order chi connectivity index (χ0) is 23.4. The molecule has 0 radical (unpaired) electrons. The first-order valence-electron chi connectivity index (χ1n) is 11.8. The highest BCUT2D eigenvalue weighted by Crippen LogP contribution is 2.24. The highest BCUT2D eigenvalue weighted by Gasteiger charge is 2.08. The van der Waals surface area contributed by atoms with Gasteiger partial charge in [-0.1, -0.05) is 50.7 Å². The average Bonchev–Trinajstić information content (AvgIpc) is 2.79. The van der Waals surface area contributed by atoms with Crippen molar-refractivity contribution in [1.82, 2.24) is 0 Å². The van der Waals surface area contributed by atoms with Crippen molar-refractivity contribution >= 4 is 23.5 Å². The molecule has 0 heterocycles. The Morgan fingerprint density at radius 2 is 1.38 bits per heavy atom. The Hall–Kier alpha value is -2.57. The number of hydrogen-bond donors (Lipinski definition) is 1. The third-order valence-electron chi connectivity index (χ3n) is 5.01. The van der Waals surface area contributed by atoms with E-state index in [1.807, 2.05) is 24.3 Å². The standard InChI is InChI=1S/C25H39NO6/c1-3-31-25(29)19-14-20-32-22-16-13-12-15-21(22)26-23(27)17-10-8-6-4-5-7-9-11-18-24(28)30-2/h12-13,15-16H,3-11,14,17-20H2,1-2H3,(H,26,27). The minimum absolute atomic E-state index is 0.0182. The number of ether oxygens (including phenoxy) is 3. The van der Waals surface area contributed by atoms with Gasteiger partial charge >= 0.3 is 11.9 Å². The molecule has 32 heavy (non-hydrogen) atoms. The Morgan fingerprint density at radius 3 is 2.03 bits per heavy atom. The Morgan fingerprint density at radius 1 is 0.781 bits per heavy atom. The van der Waals surface area contributed by atoms with E-state index in [-0.39, 0.29) is 17.8 Å². The van der Waals surface area contributed by atoms with Crippen molar-refractivity contribution < 1.29 is 28.6 Å². The Bertz CT molecular complexity index is 676. The lowest BCUT2D eigenvalue weighted by molar-refractivity contribution is -0.143. The van der Waals surface area contributed by atoms with Crippen LogP contribution in [0, 0.1) is 0 Å². The van der Waals surface area contributed by atoms with Crippen LogP contribution in [0.5, 0.6) is 5.75 Å². The summed E-state index contributed by atoms with van der Waals surface area (Å²) >= 11 is 0. The van der Waals surface area contributed by atoms with Gasteiger partial charge in [0.15, 0.2) is 0 Å². The van der Waals surface area contributed by atoms with Gasteiger partial charge in [-0.2, -0.15) is 0 Å². The molecule has 0 aromatic heterocycles. The van der Waals surface area contributed by atoms with Crippen LogP contribution in [0.1, 0.15) is 84.0 Å². The molecular formula is C25H39NO6. The summed E-state index contributed by atoms with van der Waals surface area (Å²) in [7, 11) is 1.42. The molecule has 0 bridgehead atoms. The lowest BCUT2D eigenvalue weighted by Gasteiger charge is -2.12. The third kappa shape index (κ3) is 13.7. The summed E-state index contributed by atoms with van der Waals surface area (Å²) in [6, 6.07) is 7.34. The molecule has 0 aliphatic heterocycles. The zero-order valence-corrected chi connectivity index (χ0v) is 19.7. The zero-order valence-electron chi connectivity index (χ0n) is 19.7.